The smallest absolute Gasteiger partial charge is 0.311 e. The van der Waals surface area contributed by atoms with Gasteiger partial charge in [-0.1, -0.05) is 126 Å². The van der Waals surface area contributed by atoms with Gasteiger partial charge >= 0.3 is 4.87 Å². The minimum absolute atomic E-state index is 0.0533. The summed E-state index contributed by atoms with van der Waals surface area (Å²) >= 11 is 7.12. The molecule has 7 rings (SSSR count). The molecular formula is C37H29ClN4O3S. The van der Waals surface area contributed by atoms with Crippen molar-refractivity contribution in [2.75, 3.05) is 0 Å². The van der Waals surface area contributed by atoms with Crippen molar-refractivity contribution in [1.82, 2.24) is 19.1 Å². The number of thiazole rings is 1. The van der Waals surface area contributed by atoms with Crippen LogP contribution in [0.4, 0.5) is 0 Å². The highest BCUT2D eigenvalue weighted by Crippen LogP contribution is 2.43. The van der Waals surface area contributed by atoms with Crippen LogP contribution in [-0.4, -0.2) is 24.2 Å². The third-order valence-electron chi connectivity index (χ3n) is 8.20. The third kappa shape index (κ3) is 5.25. The van der Waals surface area contributed by atoms with Crippen LogP contribution in [0, 0.1) is 0 Å². The summed E-state index contributed by atoms with van der Waals surface area (Å²) in [5.41, 5.74) is 3.90. The summed E-state index contributed by atoms with van der Waals surface area (Å²) in [5.74, 6) is 1.35. The summed E-state index contributed by atoms with van der Waals surface area (Å²) in [6, 6.07) is 40.8. The number of aromatic hydroxyl groups is 1. The van der Waals surface area contributed by atoms with Gasteiger partial charge in [0, 0.05) is 13.5 Å². The van der Waals surface area contributed by atoms with E-state index < -0.39 is 5.54 Å². The fourth-order valence-electron chi connectivity index (χ4n) is 6.00. The molecule has 0 amide bonds. The first kappa shape index (κ1) is 29.5. The van der Waals surface area contributed by atoms with E-state index in [0.29, 0.717) is 27.8 Å². The van der Waals surface area contributed by atoms with E-state index in [9.17, 15) is 9.90 Å². The number of fused-ring (bicyclic) bond motifs is 1. The molecule has 3 aromatic heterocycles. The standard InChI is InChI=1S/C37H29ClN4O3S/c1-41-33(39-30-21-22-32(38)40-34(30)41)24-45-29-19-17-25(18-20-29)23-31-35(43)42(36(44)46-31)37(26-11-5-2-6-12-26,27-13-7-3-8-14-27)28-15-9-4-10-16-28/h2-22,43H,23-24H2,1H3. The number of imidazole rings is 1. The summed E-state index contributed by atoms with van der Waals surface area (Å²) < 4.78 is 9.44. The molecule has 0 spiro atoms. The Bertz CT molecular complexity index is 2080. The van der Waals surface area contributed by atoms with Crippen molar-refractivity contribution in [3.8, 4) is 11.6 Å². The number of ether oxygens (including phenoxy) is 1. The van der Waals surface area contributed by atoms with Gasteiger partial charge in [0.05, 0.1) is 4.88 Å². The summed E-state index contributed by atoms with van der Waals surface area (Å²) in [7, 11) is 1.88. The summed E-state index contributed by atoms with van der Waals surface area (Å²) in [6.45, 7) is 0.260. The van der Waals surface area contributed by atoms with E-state index >= 15 is 0 Å². The molecule has 4 aromatic carbocycles. The molecule has 228 valence electrons. The second-order valence-corrected chi connectivity index (χ2v) is 12.4. The highest BCUT2D eigenvalue weighted by atomic mass is 35.5. The molecule has 0 unspecified atom stereocenters. The first-order valence-electron chi connectivity index (χ1n) is 14.8. The summed E-state index contributed by atoms with van der Waals surface area (Å²) in [4.78, 5) is 23.3. The molecule has 7 aromatic rings. The highest BCUT2D eigenvalue weighted by molar-refractivity contribution is 7.09. The van der Waals surface area contributed by atoms with Crippen LogP contribution in [-0.2, 0) is 25.6 Å². The van der Waals surface area contributed by atoms with E-state index in [1.165, 1.54) is 0 Å². The van der Waals surface area contributed by atoms with Crippen LogP contribution in [0.1, 0.15) is 33.0 Å². The van der Waals surface area contributed by atoms with E-state index in [1.807, 2.05) is 133 Å². The topological polar surface area (TPSA) is 82.2 Å². The maximum Gasteiger partial charge on any atom is 0.311 e. The van der Waals surface area contributed by atoms with Gasteiger partial charge < -0.3 is 14.4 Å². The second kappa shape index (κ2) is 12.3. The monoisotopic (exact) mass is 644 g/mol. The molecule has 0 aliphatic carbocycles. The van der Waals surface area contributed by atoms with Gasteiger partial charge in [0.1, 0.15) is 34.4 Å². The van der Waals surface area contributed by atoms with Gasteiger partial charge in [-0.2, -0.15) is 0 Å². The van der Waals surface area contributed by atoms with Gasteiger partial charge in [0.25, 0.3) is 0 Å². The lowest BCUT2D eigenvalue weighted by molar-refractivity contribution is 0.292. The quantitative estimate of drug-likeness (QED) is 0.130. The molecule has 0 atom stereocenters. The zero-order valence-electron chi connectivity index (χ0n) is 24.9. The molecule has 0 aliphatic heterocycles. The van der Waals surface area contributed by atoms with Crippen molar-refractivity contribution in [2.45, 2.75) is 18.6 Å². The number of aromatic nitrogens is 4. The van der Waals surface area contributed by atoms with E-state index in [1.54, 1.807) is 10.6 Å². The van der Waals surface area contributed by atoms with Crippen LogP contribution in [0.15, 0.2) is 132 Å². The minimum atomic E-state index is -1.09. The summed E-state index contributed by atoms with van der Waals surface area (Å²) in [6.07, 6.45) is 0.380. The van der Waals surface area contributed by atoms with Crippen LogP contribution >= 0.6 is 22.9 Å². The lowest BCUT2D eigenvalue weighted by Gasteiger charge is -2.37. The van der Waals surface area contributed by atoms with E-state index in [2.05, 4.69) is 9.97 Å². The van der Waals surface area contributed by atoms with Crippen molar-refractivity contribution in [3.05, 3.63) is 175 Å². The van der Waals surface area contributed by atoms with Crippen LogP contribution in [0.3, 0.4) is 0 Å². The number of hydrogen-bond acceptors (Lipinski definition) is 6. The Balaban J connectivity index is 1.21. The number of benzene rings is 4. The molecule has 0 fully saturated rings. The van der Waals surface area contributed by atoms with E-state index in [-0.39, 0.29) is 17.4 Å². The van der Waals surface area contributed by atoms with Crippen LogP contribution in [0.2, 0.25) is 5.15 Å². The average Bonchev–Trinajstić information content (AvgIpc) is 3.56. The molecule has 46 heavy (non-hydrogen) atoms. The first-order chi connectivity index (χ1) is 22.4. The lowest BCUT2D eigenvalue weighted by atomic mass is 9.76. The Labute approximate surface area is 274 Å². The van der Waals surface area contributed by atoms with Crippen LogP contribution in [0.5, 0.6) is 11.6 Å². The number of hydrogen-bond donors (Lipinski definition) is 1. The Morgan fingerprint density at radius 2 is 1.35 bits per heavy atom. The molecule has 3 heterocycles. The van der Waals surface area contributed by atoms with Crippen molar-refractivity contribution < 1.29 is 9.84 Å². The van der Waals surface area contributed by atoms with Gasteiger partial charge in [-0.25, -0.2) is 9.97 Å². The second-order valence-electron chi connectivity index (χ2n) is 10.9. The Kier molecular flexibility index (Phi) is 7.90. The molecule has 0 radical (unpaired) electrons. The van der Waals surface area contributed by atoms with Crippen LogP contribution in [0.25, 0.3) is 11.2 Å². The largest absolute Gasteiger partial charge is 0.494 e. The summed E-state index contributed by atoms with van der Waals surface area (Å²) in [5, 5.41) is 12.3. The van der Waals surface area contributed by atoms with Gasteiger partial charge in [0.2, 0.25) is 5.88 Å². The molecular weight excluding hydrogens is 616 g/mol. The average molecular weight is 645 g/mol. The molecule has 7 nitrogen and oxygen atoms in total. The van der Waals surface area contributed by atoms with Gasteiger partial charge in [-0.3, -0.25) is 9.36 Å². The van der Waals surface area contributed by atoms with Crippen molar-refractivity contribution in [2.24, 2.45) is 7.05 Å². The predicted molar refractivity (Wildman–Crippen MR) is 182 cm³/mol. The maximum atomic E-state index is 14.0. The lowest BCUT2D eigenvalue weighted by Crippen LogP contribution is -2.42. The Morgan fingerprint density at radius 1 is 0.783 bits per heavy atom. The maximum absolute atomic E-state index is 14.0. The minimum Gasteiger partial charge on any atom is -0.494 e. The Hall–Kier alpha value is -5.18. The van der Waals surface area contributed by atoms with Crippen molar-refractivity contribution in [3.63, 3.8) is 0 Å². The number of aryl methyl sites for hydroxylation is 1. The highest BCUT2D eigenvalue weighted by Gasteiger charge is 2.42. The number of nitrogens with zero attached hydrogens (tertiary/aromatic N) is 4. The number of pyridine rings is 1. The normalized spacial score (nSPS) is 11.6. The van der Waals surface area contributed by atoms with Gasteiger partial charge in [0.15, 0.2) is 5.65 Å². The Morgan fingerprint density at radius 3 is 1.91 bits per heavy atom. The zero-order chi connectivity index (χ0) is 31.7. The first-order valence-corrected chi connectivity index (χ1v) is 15.9. The van der Waals surface area contributed by atoms with Gasteiger partial charge in [-0.05, 0) is 46.5 Å². The van der Waals surface area contributed by atoms with Crippen molar-refractivity contribution in [1.29, 1.82) is 0 Å². The molecule has 0 bridgehead atoms. The zero-order valence-corrected chi connectivity index (χ0v) is 26.4. The van der Waals surface area contributed by atoms with E-state index in [0.717, 1.165) is 44.9 Å². The fraction of sp³-hybridized carbons (Fsp3) is 0.108. The molecule has 0 saturated heterocycles. The molecule has 0 saturated carbocycles. The fourth-order valence-corrected chi connectivity index (χ4v) is 7.09. The third-order valence-corrected chi connectivity index (χ3v) is 9.34. The molecule has 1 N–H and O–H groups in total. The molecule has 0 aliphatic rings. The number of rotatable bonds is 9. The SMILES string of the molecule is Cn1c(COc2ccc(Cc3sc(=O)n(C(c4ccccc4)(c4ccccc4)c4ccccc4)c3O)cc2)nc2ccc(Cl)nc21. The van der Waals surface area contributed by atoms with Gasteiger partial charge in [-0.15, -0.1) is 0 Å². The molecule has 9 heteroatoms. The van der Waals surface area contributed by atoms with E-state index in [4.69, 9.17) is 16.3 Å². The number of halogens is 1. The van der Waals surface area contributed by atoms with Crippen LogP contribution < -0.4 is 9.61 Å². The predicted octanol–water partition coefficient (Wildman–Crippen LogP) is 7.56. The van der Waals surface area contributed by atoms with Crippen molar-refractivity contribution >= 4 is 34.1 Å².